The zero-order chi connectivity index (χ0) is 14.4. The van der Waals surface area contributed by atoms with Crippen LogP contribution in [-0.4, -0.2) is 47.6 Å². The van der Waals surface area contributed by atoms with Crippen LogP contribution in [0.1, 0.15) is 30.6 Å². The molecule has 0 saturated heterocycles. The van der Waals surface area contributed by atoms with Crippen LogP contribution in [0.5, 0.6) is 0 Å². The number of nitrogens with zero attached hydrogens (tertiary/aromatic N) is 1. The maximum absolute atomic E-state index is 12.0. The monoisotopic (exact) mass is 268 g/mol. The molecule has 0 bridgehead atoms. The van der Waals surface area contributed by atoms with Crippen LogP contribution < -0.4 is 5.32 Å². The van der Waals surface area contributed by atoms with E-state index in [-0.39, 0.29) is 11.8 Å². The number of hydrogen-bond acceptors (Lipinski definition) is 4. The molecule has 2 atom stereocenters. The number of aliphatic hydroxyl groups is 1. The molecule has 2 unspecified atom stereocenters. The molecule has 1 rings (SSSR count). The number of aliphatic hydroxyl groups excluding tert-OH is 1. The maximum atomic E-state index is 12.0. The standard InChI is InChI=1S/C13H20N2O4/c1-9(16)4-6-15(3)13(18)10(2)14-12(17)11-5-7-19-8-11/h5,7-10,16H,4,6H2,1-3H3,(H,14,17). The van der Waals surface area contributed by atoms with Crippen LogP contribution in [0.2, 0.25) is 0 Å². The average molecular weight is 268 g/mol. The van der Waals surface area contributed by atoms with Crippen LogP contribution >= 0.6 is 0 Å². The number of hydrogen-bond donors (Lipinski definition) is 2. The summed E-state index contributed by atoms with van der Waals surface area (Å²) in [6.45, 7) is 3.74. The molecule has 6 heteroatoms. The highest BCUT2D eigenvalue weighted by atomic mass is 16.3. The smallest absolute Gasteiger partial charge is 0.255 e. The number of carbonyl (C=O) groups is 2. The highest BCUT2D eigenvalue weighted by Gasteiger charge is 2.20. The molecular weight excluding hydrogens is 248 g/mol. The lowest BCUT2D eigenvalue weighted by Crippen LogP contribution is -2.46. The molecule has 1 heterocycles. The van der Waals surface area contributed by atoms with E-state index in [4.69, 9.17) is 4.42 Å². The molecule has 1 aromatic rings. The Morgan fingerprint density at radius 3 is 2.68 bits per heavy atom. The van der Waals surface area contributed by atoms with Crippen molar-refractivity contribution in [3.63, 3.8) is 0 Å². The van der Waals surface area contributed by atoms with Gasteiger partial charge < -0.3 is 19.7 Å². The number of amides is 2. The summed E-state index contributed by atoms with van der Waals surface area (Å²) in [5.41, 5.74) is 0.381. The maximum Gasteiger partial charge on any atom is 0.255 e. The minimum absolute atomic E-state index is 0.197. The predicted octanol–water partition coefficient (Wildman–Crippen LogP) is 0.627. The second-order valence-electron chi connectivity index (χ2n) is 4.60. The van der Waals surface area contributed by atoms with Gasteiger partial charge in [0.25, 0.3) is 5.91 Å². The fraction of sp³-hybridized carbons (Fsp3) is 0.538. The molecule has 19 heavy (non-hydrogen) atoms. The van der Waals surface area contributed by atoms with Gasteiger partial charge in [0.2, 0.25) is 5.91 Å². The first-order chi connectivity index (χ1) is 8.91. The van der Waals surface area contributed by atoms with E-state index in [1.807, 2.05) is 0 Å². The molecule has 2 N–H and O–H groups in total. The molecule has 2 amide bonds. The highest BCUT2D eigenvalue weighted by molar-refractivity contribution is 5.97. The first kappa shape index (κ1) is 15.2. The van der Waals surface area contributed by atoms with Gasteiger partial charge in [-0.2, -0.15) is 0 Å². The lowest BCUT2D eigenvalue weighted by molar-refractivity contribution is -0.131. The Labute approximate surface area is 112 Å². The van der Waals surface area contributed by atoms with Gasteiger partial charge in [-0.25, -0.2) is 0 Å². The molecule has 6 nitrogen and oxygen atoms in total. The van der Waals surface area contributed by atoms with E-state index in [9.17, 15) is 14.7 Å². The van der Waals surface area contributed by atoms with Gasteiger partial charge in [-0.15, -0.1) is 0 Å². The van der Waals surface area contributed by atoms with E-state index >= 15 is 0 Å². The molecule has 1 aromatic heterocycles. The third-order valence-electron chi connectivity index (χ3n) is 2.76. The van der Waals surface area contributed by atoms with Gasteiger partial charge in [-0.3, -0.25) is 9.59 Å². The van der Waals surface area contributed by atoms with Gasteiger partial charge in [0, 0.05) is 13.6 Å². The van der Waals surface area contributed by atoms with Crippen molar-refractivity contribution in [1.29, 1.82) is 0 Å². The molecule has 0 spiro atoms. The van der Waals surface area contributed by atoms with Crippen molar-refractivity contribution in [3.05, 3.63) is 24.2 Å². The van der Waals surface area contributed by atoms with E-state index in [0.717, 1.165) is 0 Å². The summed E-state index contributed by atoms with van der Waals surface area (Å²) in [7, 11) is 1.64. The summed E-state index contributed by atoms with van der Waals surface area (Å²) < 4.78 is 4.81. The molecule has 0 aliphatic rings. The fourth-order valence-electron chi connectivity index (χ4n) is 1.56. The molecule has 0 aliphatic carbocycles. The van der Waals surface area contributed by atoms with E-state index < -0.39 is 12.1 Å². The van der Waals surface area contributed by atoms with Crippen LogP contribution in [0.4, 0.5) is 0 Å². The van der Waals surface area contributed by atoms with Crippen molar-refractivity contribution in [1.82, 2.24) is 10.2 Å². The predicted molar refractivity (Wildman–Crippen MR) is 69.6 cm³/mol. The molecular formula is C13H20N2O4. The van der Waals surface area contributed by atoms with E-state index in [1.54, 1.807) is 20.9 Å². The molecule has 0 fully saturated rings. The Balaban J connectivity index is 2.46. The first-order valence-corrected chi connectivity index (χ1v) is 6.18. The minimum atomic E-state index is -0.624. The number of nitrogens with one attached hydrogen (secondary N) is 1. The lowest BCUT2D eigenvalue weighted by atomic mass is 10.2. The topological polar surface area (TPSA) is 82.8 Å². The first-order valence-electron chi connectivity index (χ1n) is 6.18. The normalized spacial score (nSPS) is 13.7. The van der Waals surface area contributed by atoms with E-state index in [2.05, 4.69) is 5.32 Å². The Kier molecular flexibility index (Phi) is 5.57. The summed E-state index contributed by atoms with van der Waals surface area (Å²) in [5, 5.41) is 11.8. The van der Waals surface area contributed by atoms with Gasteiger partial charge >= 0.3 is 0 Å². The zero-order valence-electron chi connectivity index (χ0n) is 11.4. The molecule has 0 aliphatic heterocycles. The number of carbonyl (C=O) groups excluding carboxylic acids is 2. The van der Waals surface area contributed by atoms with Crippen molar-refractivity contribution >= 4 is 11.8 Å². The Morgan fingerprint density at radius 1 is 1.47 bits per heavy atom. The Bertz CT molecular complexity index is 414. The van der Waals surface area contributed by atoms with Crippen molar-refractivity contribution in [3.8, 4) is 0 Å². The van der Waals surface area contributed by atoms with E-state index in [1.165, 1.54) is 23.5 Å². The average Bonchev–Trinajstić information content (AvgIpc) is 2.88. The third-order valence-corrected chi connectivity index (χ3v) is 2.76. The molecule has 0 aromatic carbocycles. The van der Waals surface area contributed by atoms with E-state index in [0.29, 0.717) is 18.5 Å². The molecule has 0 radical (unpaired) electrons. The van der Waals surface area contributed by atoms with Crippen LogP contribution in [0.3, 0.4) is 0 Å². The quantitative estimate of drug-likeness (QED) is 0.792. The minimum Gasteiger partial charge on any atom is -0.472 e. The van der Waals surface area contributed by atoms with Gasteiger partial charge in [0.05, 0.1) is 17.9 Å². The van der Waals surface area contributed by atoms with Crippen LogP contribution in [0.15, 0.2) is 23.0 Å². The lowest BCUT2D eigenvalue weighted by Gasteiger charge is -2.22. The highest BCUT2D eigenvalue weighted by Crippen LogP contribution is 2.02. The van der Waals surface area contributed by atoms with Gasteiger partial charge in [-0.1, -0.05) is 0 Å². The van der Waals surface area contributed by atoms with Gasteiger partial charge in [0.1, 0.15) is 12.3 Å². The Hall–Kier alpha value is -1.82. The second kappa shape index (κ2) is 6.94. The van der Waals surface area contributed by atoms with Crippen molar-refractivity contribution in [2.24, 2.45) is 0 Å². The van der Waals surface area contributed by atoms with Gasteiger partial charge in [0.15, 0.2) is 0 Å². The largest absolute Gasteiger partial charge is 0.472 e. The number of furan rings is 1. The summed E-state index contributed by atoms with van der Waals surface area (Å²) in [6.07, 6.45) is 2.77. The summed E-state index contributed by atoms with van der Waals surface area (Å²) >= 11 is 0. The van der Waals surface area contributed by atoms with Gasteiger partial charge in [-0.05, 0) is 26.3 Å². The van der Waals surface area contributed by atoms with Crippen LogP contribution in [0, 0.1) is 0 Å². The second-order valence-corrected chi connectivity index (χ2v) is 4.60. The Morgan fingerprint density at radius 2 is 2.16 bits per heavy atom. The van der Waals surface area contributed by atoms with Crippen molar-refractivity contribution < 1.29 is 19.1 Å². The summed E-state index contributed by atoms with van der Waals surface area (Å²) in [6, 6.07) is 0.908. The summed E-state index contributed by atoms with van der Waals surface area (Å²) in [5.74, 6) is -0.545. The molecule has 106 valence electrons. The SMILES string of the molecule is CC(O)CCN(C)C(=O)C(C)NC(=O)c1ccoc1. The van der Waals surface area contributed by atoms with Crippen LogP contribution in [-0.2, 0) is 4.79 Å². The fourth-order valence-corrected chi connectivity index (χ4v) is 1.56. The third kappa shape index (κ3) is 4.75. The van der Waals surface area contributed by atoms with Crippen LogP contribution in [0.25, 0.3) is 0 Å². The summed E-state index contributed by atoms with van der Waals surface area (Å²) in [4.78, 5) is 25.2. The van der Waals surface area contributed by atoms with Crippen molar-refractivity contribution in [2.75, 3.05) is 13.6 Å². The zero-order valence-corrected chi connectivity index (χ0v) is 11.4. The van der Waals surface area contributed by atoms with Crippen molar-refractivity contribution in [2.45, 2.75) is 32.4 Å². The number of rotatable bonds is 6. The number of likely N-dealkylation sites (N-methyl/N-ethyl adjacent to an activating group) is 1. The molecule has 0 saturated carbocycles.